The van der Waals surface area contributed by atoms with Crippen LogP contribution in [0.5, 0.6) is 0 Å². The average Bonchev–Trinajstić information content (AvgIpc) is 2.79. The molecular weight excluding hydrogens is 381 g/mol. The number of hydrogen-bond donors (Lipinski definition) is 2. The molecule has 1 amide bonds. The van der Waals surface area contributed by atoms with Crippen molar-refractivity contribution in [3.8, 4) is 22.5 Å². The van der Waals surface area contributed by atoms with E-state index in [0.29, 0.717) is 23.5 Å². The lowest BCUT2D eigenvalue weighted by Crippen LogP contribution is -2.23. The highest BCUT2D eigenvalue weighted by molar-refractivity contribution is 5.95. The molecule has 7 heteroatoms. The Kier molecular flexibility index (Phi) is 5.43. The minimum Gasteiger partial charge on any atom is -0.382 e. The van der Waals surface area contributed by atoms with E-state index in [1.54, 1.807) is 36.8 Å². The molecule has 2 aromatic heterocycles. The van der Waals surface area contributed by atoms with Crippen molar-refractivity contribution >= 4 is 11.7 Å². The number of carbonyl (C=O) groups excluding carboxylic acids is 1. The predicted molar refractivity (Wildman–Crippen MR) is 113 cm³/mol. The van der Waals surface area contributed by atoms with Gasteiger partial charge in [0.2, 0.25) is 0 Å². The third-order valence-electron chi connectivity index (χ3n) is 4.56. The van der Waals surface area contributed by atoms with Crippen molar-refractivity contribution in [1.29, 1.82) is 0 Å². The minimum absolute atomic E-state index is 0.0495. The molecule has 0 unspecified atom stereocenters. The van der Waals surface area contributed by atoms with E-state index in [0.717, 1.165) is 11.1 Å². The third-order valence-corrected chi connectivity index (χ3v) is 4.56. The molecule has 0 aliphatic rings. The molecule has 0 spiro atoms. The maximum Gasteiger partial charge on any atom is 0.254 e. The van der Waals surface area contributed by atoms with E-state index in [4.69, 9.17) is 5.73 Å². The van der Waals surface area contributed by atoms with Gasteiger partial charge in [-0.05, 0) is 29.8 Å². The maximum atomic E-state index is 14.7. The Morgan fingerprint density at radius 1 is 1.00 bits per heavy atom. The van der Waals surface area contributed by atoms with E-state index < -0.39 is 11.7 Å². The van der Waals surface area contributed by atoms with Crippen molar-refractivity contribution in [3.05, 3.63) is 96.2 Å². The summed E-state index contributed by atoms with van der Waals surface area (Å²) in [4.78, 5) is 25.1. The van der Waals surface area contributed by atoms with Crippen LogP contribution in [-0.4, -0.2) is 20.9 Å². The topological polar surface area (TPSA) is 93.8 Å². The minimum atomic E-state index is -0.659. The Labute approximate surface area is 172 Å². The van der Waals surface area contributed by atoms with E-state index in [2.05, 4.69) is 20.3 Å². The lowest BCUT2D eigenvalue weighted by Gasteiger charge is -2.10. The van der Waals surface area contributed by atoms with Gasteiger partial charge in [-0.2, -0.15) is 0 Å². The van der Waals surface area contributed by atoms with Gasteiger partial charge in [-0.3, -0.25) is 9.78 Å². The zero-order valence-electron chi connectivity index (χ0n) is 15.9. The van der Waals surface area contributed by atoms with Crippen LogP contribution in [0.3, 0.4) is 0 Å². The van der Waals surface area contributed by atoms with Crippen molar-refractivity contribution in [2.45, 2.75) is 6.54 Å². The van der Waals surface area contributed by atoms with E-state index in [1.165, 1.54) is 12.1 Å². The number of hydrogen-bond acceptors (Lipinski definition) is 5. The molecule has 4 rings (SSSR count). The number of amides is 1. The molecule has 0 aliphatic carbocycles. The monoisotopic (exact) mass is 399 g/mol. The number of anilines is 1. The fourth-order valence-electron chi connectivity index (χ4n) is 2.99. The quantitative estimate of drug-likeness (QED) is 0.532. The zero-order valence-corrected chi connectivity index (χ0v) is 15.9. The molecule has 4 aromatic rings. The van der Waals surface area contributed by atoms with Gasteiger partial charge in [0.15, 0.2) is 0 Å². The number of rotatable bonds is 5. The highest BCUT2D eigenvalue weighted by Gasteiger charge is 2.15. The number of aromatic nitrogens is 3. The molecular formula is C23H18FN5O. The first-order chi connectivity index (χ1) is 14.6. The second-order valence-corrected chi connectivity index (χ2v) is 6.59. The molecule has 6 nitrogen and oxygen atoms in total. The summed E-state index contributed by atoms with van der Waals surface area (Å²) in [5, 5.41) is 2.72. The van der Waals surface area contributed by atoms with Crippen LogP contribution in [0.15, 0.2) is 79.3 Å². The highest BCUT2D eigenvalue weighted by atomic mass is 19.1. The highest BCUT2D eigenvalue weighted by Crippen LogP contribution is 2.27. The van der Waals surface area contributed by atoms with Crippen LogP contribution in [0.25, 0.3) is 22.5 Å². The van der Waals surface area contributed by atoms with Crippen LogP contribution in [0.2, 0.25) is 0 Å². The van der Waals surface area contributed by atoms with Gasteiger partial charge in [-0.25, -0.2) is 14.4 Å². The summed E-state index contributed by atoms with van der Waals surface area (Å²) in [6.07, 6.45) is 4.85. The van der Waals surface area contributed by atoms with Crippen LogP contribution in [0.4, 0.5) is 10.2 Å². The van der Waals surface area contributed by atoms with E-state index in [9.17, 15) is 9.18 Å². The molecule has 0 bridgehead atoms. The van der Waals surface area contributed by atoms with Gasteiger partial charge < -0.3 is 11.1 Å². The maximum absolute atomic E-state index is 14.7. The van der Waals surface area contributed by atoms with Gasteiger partial charge in [0.25, 0.3) is 5.91 Å². The number of nitrogens with one attached hydrogen (secondary N) is 1. The van der Waals surface area contributed by atoms with Crippen LogP contribution in [-0.2, 0) is 6.54 Å². The lowest BCUT2D eigenvalue weighted by molar-refractivity contribution is 0.0947. The van der Waals surface area contributed by atoms with Crippen LogP contribution in [0, 0.1) is 5.82 Å². The van der Waals surface area contributed by atoms with E-state index in [-0.39, 0.29) is 11.4 Å². The summed E-state index contributed by atoms with van der Waals surface area (Å²) >= 11 is 0. The number of carbonyl (C=O) groups is 1. The van der Waals surface area contributed by atoms with Crippen molar-refractivity contribution in [2.24, 2.45) is 0 Å². The Bertz CT molecular complexity index is 1180. The fourth-order valence-corrected chi connectivity index (χ4v) is 2.99. The number of benzene rings is 2. The molecule has 30 heavy (non-hydrogen) atoms. The smallest absolute Gasteiger partial charge is 0.254 e. The summed E-state index contributed by atoms with van der Waals surface area (Å²) in [5.74, 6) is -0.977. The predicted octanol–water partition coefficient (Wildman–Crippen LogP) is 3.86. The Hall–Kier alpha value is -4.13. The van der Waals surface area contributed by atoms with Crippen molar-refractivity contribution in [1.82, 2.24) is 20.3 Å². The standard InChI is InChI=1S/C23H18FN5O/c24-19-12-17(6-7-18(19)23(30)28-13-15-4-2-1-3-5-15)21-22(25)27-14-20(29-21)16-8-10-26-11-9-16/h1-12,14H,13H2,(H2,25,27)(H,28,30). The van der Waals surface area contributed by atoms with Gasteiger partial charge in [-0.15, -0.1) is 0 Å². The molecule has 3 N–H and O–H groups in total. The number of pyridine rings is 1. The van der Waals surface area contributed by atoms with Gasteiger partial charge in [-0.1, -0.05) is 36.4 Å². The SMILES string of the molecule is Nc1ncc(-c2ccncc2)nc1-c1ccc(C(=O)NCc2ccccc2)c(F)c1. The molecule has 0 saturated heterocycles. The zero-order chi connectivity index (χ0) is 20.9. The summed E-state index contributed by atoms with van der Waals surface area (Å²) in [6.45, 7) is 0.313. The van der Waals surface area contributed by atoms with Crippen molar-refractivity contribution < 1.29 is 9.18 Å². The molecule has 0 radical (unpaired) electrons. The van der Waals surface area contributed by atoms with Crippen molar-refractivity contribution in [3.63, 3.8) is 0 Å². The Morgan fingerprint density at radius 2 is 1.77 bits per heavy atom. The second-order valence-electron chi connectivity index (χ2n) is 6.59. The normalized spacial score (nSPS) is 10.6. The summed E-state index contributed by atoms with van der Waals surface area (Å²) in [5.41, 5.74) is 9.04. The van der Waals surface area contributed by atoms with Crippen LogP contribution in [0.1, 0.15) is 15.9 Å². The summed E-state index contributed by atoms with van der Waals surface area (Å²) < 4.78 is 14.7. The summed E-state index contributed by atoms with van der Waals surface area (Å²) in [6, 6.07) is 17.3. The molecule has 2 aromatic carbocycles. The first-order valence-corrected chi connectivity index (χ1v) is 9.27. The van der Waals surface area contributed by atoms with Crippen molar-refractivity contribution in [2.75, 3.05) is 5.73 Å². The number of nitrogens with zero attached hydrogens (tertiary/aromatic N) is 3. The van der Waals surface area contributed by atoms with Crippen LogP contribution >= 0.6 is 0 Å². The van der Waals surface area contributed by atoms with Gasteiger partial charge in [0.1, 0.15) is 17.3 Å². The second kappa shape index (κ2) is 8.48. The molecule has 0 atom stereocenters. The molecule has 2 heterocycles. The fraction of sp³-hybridized carbons (Fsp3) is 0.0435. The van der Waals surface area contributed by atoms with Gasteiger partial charge >= 0.3 is 0 Å². The largest absolute Gasteiger partial charge is 0.382 e. The number of nitrogen functional groups attached to an aromatic ring is 1. The third kappa shape index (κ3) is 4.15. The Balaban J connectivity index is 1.58. The Morgan fingerprint density at radius 3 is 2.50 bits per heavy atom. The number of nitrogens with two attached hydrogens (primary N) is 1. The van der Waals surface area contributed by atoms with Crippen LogP contribution < -0.4 is 11.1 Å². The lowest BCUT2D eigenvalue weighted by atomic mass is 10.1. The molecule has 0 fully saturated rings. The first kappa shape index (κ1) is 19.2. The molecule has 148 valence electrons. The van der Waals surface area contributed by atoms with E-state index in [1.807, 2.05) is 30.3 Å². The average molecular weight is 399 g/mol. The van der Waals surface area contributed by atoms with Gasteiger partial charge in [0, 0.05) is 30.1 Å². The van der Waals surface area contributed by atoms with Gasteiger partial charge in [0.05, 0.1) is 17.5 Å². The van der Waals surface area contributed by atoms with E-state index >= 15 is 0 Å². The first-order valence-electron chi connectivity index (χ1n) is 9.27. The summed E-state index contributed by atoms with van der Waals surface area (Å²) in [7, 11) is 0. The molecule has 0 aliphatic heterocycles. The number of halogens is 1. The molecule has 0 saturated carbocycles.